The number of H-pyrrole nitrogens is 1. The summed E-state index contributed by atoms with van der Waals surface area (Å²) in [5, 5.41) is 11.4. The van der Waals surface area contributed by atoms with Crippen molar-refractivity contribution in [1.82, 2.24) is 14.5 Å². The Labute approximate surface area is 259 Å². The minimum atomic E-state index is 0.312. The number of fused-ring (bicyclic) bond motifs is 2. The quantitative estimate of drug-likeness (QED) is 0.188. The van der Waals surface area contributed by atoms with Crippen molar-refractivity contribution in [2.45, 2.75) is 32.7 Å². The van der Waals surface area contributed by atoms with Gasteiger partial charge in [-0.3, -0.25) is 4.90 Å². The molecule has 0 unspecified atom stereocenters. The molecule has 1 aliphatic rings. The van der Waals surface area contributed by atoms with Gasteiger partial charge in [-0.25, -0.2) is 0 Å². The Morgan fingerprint density at radius 3 is 2.34 bits per heavy atom. The van der Waals surface area contributed by atoms with Crippen LogP contribution in [0.1, 0.15) is 30.4 Å². The summed E-state index contributed by atoms with van der Waals surface area (Å²) in [6.07, 6.45) is 5.86. The summed E-state index contributed by atoms with van der Waals surface area (Å²) in [5.74, 6) is 2.14. The first kappa shape index (κ1) is 29.4. The molecule has 0 amide bonds. The predicted molar refractivity (Wildman–Crippen MR) is 180 cm³/mol. The molecular formula is C38H41N3O3. The van der Waals surface area contributed by atoms with Crippen molar-refractivity contribution in [3.8, 4) is 28.5 Å². The second kappa shape index (κ2) is 13.7. The van der Waals surface area contributed by atoms with E-state index in [2.05, 4.69) is 82.0 Å². The maximum atomic E-state index is 9.03. The average Bonchev–Trinajstić information content (AvgIpc) is 3.64. The van der Waals surface area contributed by atoms with E-state index in [1.165, 1.54) is 65.6 Å². The highest BCUT2D eigenvalue weighted by atomic mass is 16.5. The number of aryl methyl sites for hydroxylation is 1. The van der Waals surface area contributed by atoms with Crippen molar-refractivity contribution in [2.24, 2.45) is 0 Å². The summed E-state index contributed by atoms with van der Waals surface area (Å²) >= 11 is 0. The first-order valence-corrected chi connectivity index (χ1v) is 15.5. The van der Waals surface area contributed by atoms with E-state index in [-0.39, 0.29) is 0 Å². The maximum absolute atomic E-state index is 9.03. The molecule has 2 aromatic heterocycles. The van der Waals surface area contributed by atoms with E-state index in [9.17, 15) is 0 Å². The zero-order valence-corrected chi connectivity index (χ0v) is 25.6. The lowest BCUT2D eigenvalue weighted by atomic mass is 10.1. The molecule has 4 aromatic carbocycles. The van der Waals surface area contributed by atoms with Gasteiger partial charge in [0.1, 0.15) is 23.9 Å². The number of aromatic hydroxyl groups is 1. The van der Waals surface area contributed by atoms with Crippen LogP contribution in [0.5, 0.6) is 17.2 Å². The Morgan fingerprint density at radius 2 is 1.57 bits per heavy atom. The van der Waals surface area contributed by atoms with Gasteiger partial charge in [-0.2, -0.15) is 0 Å². The summed E-state index contributed by atoms with van der Waals surface area (Å²) in [6, 6.07) is 32.8. The number of rotatable bonds is 8. The van der Waals surface area contributed by atoms with E-state index in [1.807, 2.05) is 30.5 Å². The molecule has 0 radical (unpaired) electrons. The van der Waals surface area contributed by atoms with Gasteiger partial charge in [-0.1, -0.05) is 36.8 Å². The number of likely N-dealkylation sites (tertiary alicyclic amines) is 1. The van der Waals surface area contributed by atoms with Gasteiger partial charge in [0.15, 0.2) is 0 Å². The number of benzene rings is 4. The molecule has 2 N–H and O–H groups in total. The zero-order valence-electron chi connectivity index (χ0n) is 25.6. The van der Waals surface area contributed by atoms with E-state index in [0.29, 0.717) is 5.75 Å². The standard InChI is InChI=1S/C30H34N2O2.C8H7NO/c1-23-28-8-4-5-9-29(28)32(30(23)25-12-16-26(33-2)17-13-25)22-24-10-14-27(15-11-24)34-21-20-31-18-6-3-7-19-31;10-7-1-2-8-6(5-7)3-4-9-8/h4-5,8-17H,3,6-7,18-22H2,1-2H3;1-5,9-10H. The number of nitrogens with zero attached hydrogens (tertiary/aromatic N) is 2. The summed E-state index contributed by atoms with van der Waals surface area (Å²) in [6.45, 7) is 7.22. The van der Waals surface area contributed by atoms with Crippen LogP contribution < -0.4 is 9.47 Å². The molecule has 0 atom stereocenters. The lowest BCUT2D eigenvalue weighted by Crippen LogP contribution is -2.33. The Kier molecular flexibility index (Phi) is 9.18. The molecule has 1 aliphatic heterocycles. The molecule has 6 aromatic rings. The number of aromatic nitrogens is 2. The first-order chi connectivity index (χ1) is 21.6. The molecule has 0 bridgehead atoms. The first-order valence-electron chi connectivity index (χ1n) is 15.5. The SMILES string of the molecule is COc1ccc(-c2c(C)c3ccccc3n2Cc2ccc(OCCN3CCCCC3)cc2)cc1.Oc1ccc2[nH]ccc2c1. The number of hydrogen-bond acceptors (Lipinski definition) is 4. The predicted octanol–water partition coefficient (Wildman–Crippen LogP) is 8.41. The van der Waals surface area contributed by atoms with Gasteiger partial charge in [0.25, 0.3) is 0 Å². The highest BCUT2D eigenvalue weighted by molar-refractivity contribution is 5.91. The third kappa shape index (κ3) is 6.76. The van der Waals surface area contributed by atoms with Crippen LogP contribution in [0.25, 0.3) is 33.1 Å². The van der Waals surface area contributed by atoms with Crippen LogP contribution in [0.3, 0.4) is 0 Å². The molecule has 6 heteroatoms. The van der Waals surface area contributed by atoms with Gasteiger partial charge in [0, 0.05) is 41.1 Å². The number of piperidine rings is 1. The van der Waals surface area contributed by atoms with Crippen molar-refractivity contribution in [1.29, 1.82) is 0 Å². The molecule has 226 valence electrons. The van der Waals surface area contributed by atoms with E-state index >= 15 is 0 Å². The van der Waals surface area contributed by atoms with Crippen molar-refractivity contribution in [3.05, 3.63) is 114 Å². The number of hydrogen-bond donors (Lipinski definition) is 2. The lowest BCUT2D eigenvalue weighted by Gasteiger charge is -2.26. The molecule has 44 heavy (non-hydrogen) atoms. The number of aromatic amines is 1. The lowest BCUT2D eigenvalue weighted by molar-refractivity contribution is 0.183. The van der Waals surface area contributed by atoms with Gasteiger partial charge in [0.2, 0.25) is 0 Å². The number of nitrogens with one attached hydrogen (secondary N) is 1. The number of phenols is 1. The van der Waals surface area contributed by atoms with Gasteiger partial charge >= 0.3 is 0 Å². The zero-order chi connectivity index (χ0) is 30.3. The Balaban J connectivity index is 0.000000289. The van der Waals surface area contributed by atoms with Crippen molar-refractivity contribution < 1.29 is 14.6 Å². The summed E-state index contributed by atoms with van der Waals surface area (Å²) in [4.78, 5) is 5.55. The maximum Gasteiger partial charge on any atom is 0.119 e. The number of para-hydroxylation sites is 1. The fraction of sp³-hybridized carbons (Fsp3) is 0.263. The van der Waals surface area contributed by atoms with E-state index in [0.717, 1.165) is 42.1 Å². The normalized spacial score (nSPS) is 13.5. The van der Waals surface area contributed by atoms with Gasteiger partial charge in [-0.15, -0.1) is 0 Å². The fourth-order valence-corrected chi connectivity index (χ4v) is 6.15. The van der Waals surface area contributed by atoms with Crippen LogP contribution in [-0.2, 0) is 6.54 Å². The van der Waals surface area contributed by atoms with Crippen LogP contribution in [0.15, 0.2) is 103 Å². The Bertz CT molecular complexity index is 1800. The largest absolute Gasteiger partial charge is 0.508 e. The topological polar surface area (TPSA) is 62.6 Å². The highest BCUT2D eigenvalue weighted by Gasteiger charge is 2.16. The highest BCUT2D eigenvalue weighted by Crippen LogP contribution is 2.35. The van der Waals surface area contributed by atoms with Crippen LogP contribution in [0.2, 0.25) is 0 Å². The van der Waals surface area contributed by atoms with E-state index in [1.54, 1.807) is 19.2 Å². The third-order valence-electron chi connectivity index (χ3n) is 8.51. The molecule has 3 heterocycles. The molecule has 0 aliphatic carbocycles. The third-order valence-corrected chi connectivity index (χ3v) is 8.51. The van der Waals surface area contributed by atoms with Crippen LogP contribution >= 0.6 is 0 Å². The van der Waals surface area contributed by atoms with E-state index in [4.69, 9.17) is 14.6 Å². The number of methoxy groups -OCH3 is 1. The average molecular weight is 588 g/mol. The monoisotopic (exact) mass is 587 g/mol. The van der Waals surface area contributed by atoms with Crippen LogP contribution in [0, 0.1) is 6.92 Å². The Morgan fingerprint density at radius 1 is 0.818 bits per heavy atom. The minimum absolute atomic E-state index is 0.312. The number of ether oxygens (including phenoxy) is 2. The fourth-order valence-electron chi connectivity index (χ4n) is 6.15. The second-order valence-corrected chi connectivity index (χ2v) is 11.4. The minimum Gasteiger partial charge on any atom is -0.508 e. The van der Waals surface area contributed by atoms with Crippen molar-refractivity contribution in [3.63, 3.8) is 0 Å². The second-order valence-electron chi connectivity index (χ2n) is 11.4. The van der Waals surface area contributed by atoms with Gasteiger partial charge in [-0.05, 0) is 116 Å². The molecule has 0 spiro atoms. The van der Waals surface area contributed by atoms with Crippen molar-refractivity contribution >= 4 is 21.8 Å². The van der Waals surface area contributed by atoms with Crippen LogP contribution in [0.4, 0.5) is 0 Å². The van der Waals surface area contributed by atoms with Crippen molar-refractivity contribution in [2.75, 3.05) is 33.4 Å². The van der Waals surface area contributed by atoms with Crippen LogP contribution in [-0.4, -0.2) is 52.9 Å². The summed E-state index contributed by atoms with van der Waals surface area (Å²) in [5.41, 5.74) is 7.33. The van der Waals surface area contributed by atoms with Gasteiger partial charge in [0.05, 0.1) is 12.8 Å². The Hall–Kier alpha value is -4.68. The molecular weight excluding hydrogens is 546 g/mol. The molecule has 1 saturated heterocycles. The summed E-state index contributed by atoms with van der Waals surface area (Å²) < 4.78 is 13.8. The molecule has 1 fully saturated rings. The van der Waals surface area contributed by atoms with Gasteiger partial charge < -0.3 is 24.1 Å². The number of phenolic OH excluding ortho intramolecular Hbond substituents is 1. The molecule has 6 nitrogen and oxygen atoms in total. The smallest absolute Gasteiger partial charge is 0.119 e. The molecule has 7 rings (SSSR count). The van der Waals surface area contributed by atoms with E-state index < -0.39 is 0 Å². The molecule has 0 saturated carbocycles. The summed E-state index contributed by atoms with van der Waals surface area (Å²) in [7, 11) is 1.71.